The summed E-state index contributed by atoms with van der Waals surface area (Å²) in [6.45, 7) is 3.45. The first-order chi connectivity index (χ1) is 12.5. The van der Waals surface area contributed by atoms with Gasteiger partial charge < -0.3 is 5.32 Å². The number of nitrogens with zero attached hydrogens (tertiary/aromatic N) is 2. The fourth-order valence-electron chi connectivity index (χ4n) is 2.75. The number of amides is 1. The lowest BCUT2D eigenvalue weighted by atomic mass is 10.1. The predicted molar refractivity (Wildman–Crippen MR) is 102 cm³/mol. The van der Waals surface area contributed by atoms with Crippen LogP contribution in [0.25, 0.3) is 5.69 Å². The molecule has 3 rings (SSSR count). The molecule has 132 valence electrons. The van der Waals surface area contributed by atoms with Gasteiger partial charge in [0.1, 0.15) is 0 Å². The van der Waals surface area contributed by atoms with E-state index < -0.39 is 0 Å². The normalized spacial score (nSPS) is 10.6. The van der Waals surface area contributed by atoms with E-state index in [1.54, 1.807) is 47.3 Å². The first-order valence-corrected chi connectivity index (χ1v) is 8.62. The summed E-state index contributed by atoms with van der Waals surface area (Å²) in [5, 5.41) is 7.79. The van der Waals surface area contributed by atoms with Gasteiger partial charge in [0.25, 0.3) is 5.91 Å². The van der Waals surface area contributed by atoms with Gasteiger partial charge in [-0.1, -0.05) is 36.7 Å². The van der Waals surface area contributed by atoms with Crippen LogP contribution in [0.2, 0.25) is 5.02 Å². The molecule has 1 heterocycles. The number of halogens is 1. The molecule has 0 radical (unpaired) electrons. The van der Waals surface area contributed by atoms with Gasteiger partial charge in [-0.25, -0.2) is 4.68 Å². The van der Waals surface area contributed by atoms with E-state index in [0.717, 1.165) is 11.4 Å². The van der Waals surface area contributed by atoms with Crippen molar-refractivity contribution in [3.05, 3.63) is 76.6 Å². The fraction of sp³-hybridized carbons (Fsp3) is 0.150. The molecule has 5 nitrogen and oxygen atoms in total. The highest BCUT2D eigenvalue weighted by Gasteiger charge is 2.17. The Morgan fingerprint density at radius 2 is 1.92 bits per heavy atom. The first-order valence-electron chi connectivity index (χ1n) is 8.24. The van der Waals surface area contributed by atoms with E-state index in [2.05, 4.69) is 10.4 Å². The van der Waals surface area contributed by atoms with E-state index in [1.807, 2.05) is 19.1 Å². The third-order valence-corrected chi connectivity index (χ3v) is 4.26. The Morgan fingerprint density at radius 1 is 1.15 bits per heavy atom. The summed E-state index contributed by atoms with van der Waals surface area (Å²) in [4.78, 5) is 24.2. The lowest BCUT2D eigenvalue weighted by Gasteiger charge is -2.09. The van der Waals surface area contributed by atoms with Gasteiger partial charge in [0.15, 0.2) is 5.78 Å². The van der Waals surface area contributed by atoms with Crippen LogP contribution in [0.5, 0.6) is 0 Å². The second-order valence-corrected chi connectivity index (χ2v) is 6.28. The molecule has 0 bridgehead atoms. The molecule has 3 aromatic rings. The second-order valence-electron chi connectivity index (χ2n) is 5.84. The monoisotopic (exact) mass is 367 g/mol. The van der Waals surface area contributed by atoms with Crippen LogP contribution in [-0.2, 0) is 6.42 Å². The summed E-state index contributed by atoms with van der Waals surface area (Å²) in [7, 11) is 0. The van der Waals surface area contributed by atoms with Crippen LogP contribution in [0.1, 0.15) is 40.3 Å². The molecule has 0 saturated heterocycles. The fourth-order valence-corrected chi connectivity index (χ4v) is 2.93. The van der Waals surface area contributed by atoms with E-state index in [4.69, 9.17) is 11.6 Å². The third-order valence-electron chi connectivity index (χ3n) is 4.03. The average molecular weight is 368 g/mol. The van der Waals surface area contributed by atoms with Crippen molar-refractivity contribution in [3.63, 3.8) is 0 Å². The van der Waals surface area contributed by atoms with E-state index in [9.17, 15) is 9.59 Å². The molecule has 0 atom stereocenters. The zero-order chi connectivity index (χ0) is 18.7. The van der Waals surface area contributed by atoms with Crippen molar-refractivity contribution in [1.82, 2.24) is 9.78 Å². The average Bonchev–Trinajstić information content (AvgIpc) is 3.06. The molecule has 0 aliphatic rings. The number of carbonyl (C=O) groups excluding carboxylic acids is 2. The number of benzene rings is 2. The molecule has 1 amide bonds. The minimum Gasteiger partial charge on any atom is -0.322 e. The topological polar surface area (TPSA) is 64.0 Å². The standard InChI is InChI=1S/C20H18ClN3O2/c1-3-19-18(12-22-24(19)17-9-5-7-15(21)11-17)20(26)23-16-8-4-6-14(10-16)13(2)25/h4-12H,3H2,1-2H3,(H,23,26). The maximum atomic E-state index is 12.7. The van der Waals surface area contributed by atoms with Crippen molar-refractivity contribution in [2.24, 2.45) is 0 Å². The largest absolute Gasteiger partial charge is 0.322 e. The van der Waals surface area contributed by atoms with Gasteiger partial charge in [-0.3, -0.25) is 9.59 Å². The Bertz CT molecular complexity index is 979. The number of carbonyl (C=O) groups is 2. The van der Waals surface area contributed by atoms with Crippen LogP contribution in [0, 0.1) is 0 Å². The number of aromatic nitrogens is 2. The first kappa shape index (κ1) is 17.9. The lowest BCUT2D eigenvalue weighted by Crippen LogP contribution is -2.14. The van der Waals surface area contributed by atoms with E-state index >= 15 is 0 Å². The van der Waals surface area contributed by atoms with Gasteiger partial charge in [-0.05, 0) is 43.7 Å². The predicted octanol–water partition coefficient (Wildman–Crippen LogP) is 4.54. The zero-order valence-electron chi connectivity index (χ0n) is 14.5. The molecular weight excluding hydrogens is 350 g/mol. The summed E-state index contributed by atoms with van der Waals surface area (Å²) >= 11 is 6.06. The molecule has 1 aromatic heterocycles. The number of Topliss-reactive ketones (excluding diaryl/α,β-unsaturated/α-hetero) is 1. The van der Waals surface area contributed by atoms with Crippen LogP contribution < -0.4 is 5.32 Å². The third kappa shape index (κ3) is 3.68. The highest BCUT2D eigenvalue weighted by atomic mass is 35.5. The summed E-state index contributed by atoms with van der Waals surface area (Å²) in [5.74, 6) is -0.319. The van der Waals surface area contributed by atoms with Gasteiger partial charge in [0.2, 0.25) is 0 Å². The highest BCUT2D eigenvalue weighted by Crippen LogP contribution is 2.20. The maximum absolute atomic E-state index is 12.7. The number of anilines is 1. The molecule has 0 unspecified atom stereocenters. The summed E-state index contributed by atoms with van der Waals surface area (Å²) in [6, 6.07) is 14.2. The highest BCUT2D eigenvalue weighted by molar-refractivity contribution is 6.30. The SMILES string of the molecule is CCc1c(C(=O)Nc2cccc(C(C)=O)c2)cnn1-c1cccc(Cl)c1. The molecule has 1 N–H and O–H groups in total. The van der Waals surface area contributed by atoms with E-state index in [-0.39, 0.29) is 11.7 Å². The van der Waals surface area contributed by atoms with Gasteiger partial charge in [-0.2, -0.15) is 5.10 Å². The van der Waals surface area contributed by atoms with Crippen molar-refractivity contribution in [1.29, 1.82) is 0 Å². The number of hydrogen-bond donors (Lipinski definition) is 1. The lowest BCUT2D eigenvalue weighted by molar-refractivity contribution is 0.101. The minimum absolute atomic E-state index is 0.0517. The number of nitrogens with one attached hydrogen (secondary N) is 1. The minimum atomic E-state index is -0.268. The molecular formula is C20H18ClN3O2. The van der Waals surface area contributed by atoms with Crippen molar-refractivity contribution in [2.45, 2.75) is 20.3 Å². The Kier molecular flexibility index (Phi) is 5.19. The van der Waals surface area contributed by atoms with Crippen molar-refractivity contribution in [2.75, 3.05) is 5.32 Å². The molecule has 0 fully saturated rings. The molecule has 26 heavy (non-hydrogen) atoms. The quantitative estimate of drug-likeness (QED) is 0.673. The van der Waals surface area contributed by atoms with Gasteiger partial charge in [-0.15, -0.1) is 0 Å². The van der Waals surface area contributed by atoms with E-state index in [0.29, 0.717) is 28.3 Å². The number of rotatable bonds is 5. The zero-order valence-corrected chi connectivity index (χ0v) is 15.2. The van der Waals surface area contributed by atoms with Gasteiger partial charge >= 0.3 is 0 Å². The number of hydrogen-bond acceptors (Lipinski definition) is 3. The molecule has 0 saturated carbocycles. The van der Waals surface area contributed by atoms with Crippen molar-refractivity contribution >= 4 is 29.0 Å². The van der Waals surface area contributed by atoms with Crippen LogP contribution in [0.15, 0.2) is 54.7 Å². The van der Waals surface area contributed by atoms with Crippen molar-refractivity contribution < 1.29 is 9.59 Å². The van der Waals surface area contributed by atoms with Gasteiger partial charge in [0, 0.05) is 16.3 Å². The Hall–Kier alpha value is -2.92. The maximum Gasteiger partial charge on any atom is 0.259 e. The van der Waals surface area contributed by atoms with Crippen LogP contribution in [0.4, 0.5) is 5.69 Å². The molecule has 6 heteroatoms. The molecule has 2 aromatic carbocycles. The Balaban J connectivity index is 1.91. The summed E-state index contributed by atoms with van der Waals surface area (Å²) < 4.78 is 1.72. The van der Waals surface area contributed by atoms with E-state index in [1.165, 1.54) is 6.92 Å². The molecule has 0 aliphatic heterocycles. The Morgan fingerprint density at radius 3 is 2.62 bits per heavy atom. The van der Waals surface area contributed by atoms with Crippen LogP contribution >= 0.6 is 11.6 Å². The smallest absolute Gasteiger partial charge is 0.259 e. The summed E-state index contributed by atoms with van der Waals surface area (Å²) in [6.07, 6.45) is 2.17. The second kappa shape index (κ2) is 7.54. The Labute approximate surface area is 156 Å². The molecule has 0 aliphatic carbocycles. The number of ketones is 1. The van der Waals surface area contributed by atoms with Gasteiger partial charge in [0.05, 0.1) is 23.1 Å². The van der Waals surface area contributed by atoms with Crippen LogP contribution in [0.3, 0.4) is 0 Å². The van der Waals surface area contributed by atoms with Crippen molar-refractivity contribution in [3.8, 4) is 5.69 Å². The summed E-state index contributed by atoms with van der Waals surface area (Å²) in [5.41, 5.74) is 3.19. The molecule has 0 spiro atoms. The van der Waals surface area contributed by atoms with Crippen LogP contribution in [-0.4, -0.2) is 21.5 Å².